The Labute approximate surface area is 159 Å². The highest BCUT2D eigenvalue weighted by Gasteiger charge is 2.61. The summed E-state index contributed by atoms with van der Waals surface area (Å²) in [5, 5.41) is 23.7. The molecular formula is C22H26N2O3. The number of carbonyl (C=O) groups excluding carboxylic acids is 1. The summed E-state index contributed by atoms with van der Waals surface area (Å²) in [4.78, 5) is 13.3. The van der Waals surface area contributed by atoms with E-state index in [1.165, 1.54) is 0 Å². The molecule has 0 saturated heterocycles. The molecule has 0 spiro atoms. The fourth-order valence-electron chi connectivity index (χ4n) is 4.53. The molecule has 0 radical (unpaired) electrons. The highest BCUT2D eigenvalue weighted by atomic mass is 16.3. The van der Waals surface area contributed by atoms with Crippen molar-refractivity contribution in [3.63, 3.8) is 0 Å². The van der Waals surface area contributed by atoms with Crippen molar-refractivity contribution in [2.75, 3.05) is 6.54 Å². The number of amides is 1. The molecule has 2 aliphatic rings. The Hall–Kier alpha value is -2.21. The van der Waals surface area contributed by atoms with Crippen LogP contribution in [0.15, 0.2) is 54.6 Å². The Balaban J connectivity index is 1.57. The largest absolute Gasteiger partial charge is 0.392 e. The minimum atomic E-state index is -0.717. The van der Waals surface area contributed by atoms with E-state index in [1.54, 1.807) is 0 Å². The molecule has 4 rings (SSSR count). The third-order valence-electron chi connectivity index (χ3n) is 6.09. The molecule has 2 aromatic carbocycles. The summed E-state index contributed by atoms with van der Waals surface area (Å²) in [6, 6.07) is 17.3. The molecule has 2 aliphatic carbocycles. The predicted octanol–water partition coefficient (Wildman–Crippen LogP) is 1.64. The van der Waals surface area contributed by atoms with E-state index in [-0.39, 0.29) is 18.4 Å². The lowest BCUT2D eigenvalue weighted by Crippen LogP contribution is -2.41. The van der Waals surface area contributed by atoms with E-state index in [0.29, 0.717) is 19.3 Å². The number of benzene rings is 2. The van der Waals surface area contributed by atoms with E-state index >= 15 is 0 Å². The Morgan fingerprint density at radius 3 is 2.63 bits per heavy atom. The zero-order valence-corrected chi connectivity index (χ0v) is 15.2. The summed E-state index contributed by atoms with van der Waals surface area (Å²) in [7, 11) is 0. The van der Waals surface area contributed by atoms with Gasteiger partial charge in [0.15, 0.2) is 0 Å². The van der Waals surface area contributed by atoms with Crippen molar-refractivity contribution in [1.29, 1.82) is 0 Å². The van der Waals surface area contributed by atoms with Crippen molar-refractivity contribution in [1.82, 2.24) is 5.32 Å². The summed E-state index contributed by atoms with van der Waals surface area (Å²) in [5.41, 5.74) is 8.10. The number of carbonyl (C=O) groups is 1. The minimum Gasteiger partial charge on any atom is -0.392 e. The number of rotatable bonds is 6. The maximum Gasteiger partial charge on any atom is 0.227 e. The van der Waals surface area contributed by atoms with Gasteiger partial charge in [-0.1, -0.05) is 54.6 Å². The standard InChI is InChI=1S/C22H26N2O3/c23-13-16(25)11-22(12-18(22)14-6-2-1-3-7-14)21(27)24-20-17-9-5-4-8-15(17)10-19(20)26/h1-9,16,18-20,25-26H,10-13,23H2,(H,24,27)/t16-,18?,19+,20-,22?/m0/s1. The highest BCUT2D eigenvalue weighted by Crippen LogP contribution is 2.62. The molecule has 2 aromatic rings. The van der Waals surface area contributed by atoms with E-state index in [4.69, 9.17) is 5.73 Å². The van der Waals surface area contributed by atoms with Gasteiger partial charge in [-0.15, -0.1) is 0 Å². The van der Waals surface area contributed by atoms with Gasteiger partial charge in [-0.25, -0.2) is 0 Å². The minimum absolute atomic E-state index is 0.0636. The average molecular weight is 366 g/mol. The summed E-state index contributed by atoms with van der Waals surface area (Å²) in [5.74, 6) is -0.0432. The number of nitrogens with one attached hydrogen (secondary N) is 1. The average Bonchev–Trinajstić information content (AvgIpc) is 3.33. The lowest BCUT2D eigenvalue weighted by molar-refractivity contribution is -0.129. The summed E-state index contributed by atoms with van der Waals surface area (Å²) in [6.45, 7) is 0.130. The quantitative estimate of drug-likeness (QED) is 0.625. The monoisotopic (exact) mass is 366 g/mol. The lowest BCUT2D eigenvalue weighted by Gasteiger charge is -2.25. The smallest absolute Gasteiger partial charge is 0.227 e. The van der Waals surface area contributed by atoms with Crippen LogP contribution in [0.3, 0.4) is 0 Å². The van der Waals surface area contributed by atoms with Crippen LogP contribution in [0.5, 0.6) is 0 Å². The molecule has 5 atom stereocenters. The van der Waals surface area contributed by atoms with Crippen LogP contribution in [-0.2, 0) is 11.2 Å². The van der Waals surface area contributed by atoms with Crippen molar-refractivity contribution >= 4 is 5.91 Å². The molecule has 2 unspecified atom stereocenters. The van der Waals surface area contributed by atoms with Gasteiger partial charge in [-0.2, -0.15) is 0 Å². The van der Waals surface area contributed by atoms with Crippen LogP contribution in [0, 0.1) is 5.41 Å². The Morgan fingerprint density at radius 2 is 1.89 bits per heavy atom. The number of aliphatic hydroxyl groups is 2. The van der Waals surface area contributed by atoms with Gasteiger partial charge in [0.2, 0.25) is 5.91 Å². The Morgan fingerprint density at radius 1 is 1.19 bits per heavy atom. The molecule has 1 fully saturated rings. The normalized spacial score (nSPS) is 29.8. The van der Waals surface area contributed by atoms with Crippen LogP contribution in [0.2, 0.25) is 0 Å². The van der Waals surface area contributed by atoms with Crippen molar-refractivity contribution in [2.45, 2.75) is 43.4 Å². The van der Waals surface area contributed by atoms with E-state index in [9.17, 15) is 15.0 Å². The maximum absolute atomic E-state index is 13.3. The van der Waals surface area contributed by atoms with Gasteiger partial charge in [-0.05, 0) is 35.4 Å². The number of hydrogen-bond acceptors (Lipinski definition) is 4. The molecule has 5 N–H and O–H groups in total. The molecule has 27 heavy (non-hydrogen) atoms. The molecule has 0 aliphatic heterocycles. The second-order valence-electron chi connectivity index (χ2n) is 7.84. The number of fused-ring (bicyclic) bond motifs is 1. The first-order valence-electron chi connectivity index (χ1n) is 9.55. The molecule has 0 heterocycles. The lowest BCUT2D eigenvalue weighted by atomic mass is 9.91. The summed E-state index contributed by atoms with van der Waals surface area (Å²) < 4.78 is 0. The molecule has 0 aromatic heterocycles. The zero-order valence-electron chi connectivity index (χ0n) is 15.2. The first-order chi connectivity index (χ1) is 13.0. The van der Waals surface area contributed by atoms with Gasteiger partial charge in [0, 0.05) is 13.0 Å². The second kappa shape index (κ2) is 7.08. The van der Waals surface area contributed by atoms with Gasteiger partial charge in [0.05, 0.1) is 23.7 Å². The van der Waals surface area contributed by atoms with E-state index in [1.807, 2.05) is 54.6 Å². The van der Waals surface area contributed by atoms with Gasteiger partial charge >= 0.3 is 0 Å². The molecule has 5 heteroatoms. The van der Waals surface area contributed by atoms with Gasteiger partial charge < -0.3 is 21.3 Å². The van der Waals surface area contributed by atoms with Gasteiger partial charge in [-0.3, -0.25) is 4.79 Å². The number of aliphatic hydroxyl groups excluding tert-OH is 2. The molecular weight excluding hydrogens is 340 g/mol. The van der Waals surface area contributed by atoms with Crippen LogP contribution in [-0.4, -0.2) is 34.9 Å². The fraction of sp³-hybridized carbons (Fsp3) is 0.409. The zero-order chi connectivity index (χ0) is 19.0. The third kappa shape index (κ3) is 3.27. The van der Waals surface area contributed by atoms with Crippen molar-refractivity contribution in [3.8, 4) is 0 Å². The summed E-state index contributed by atoms with van der Waals surface area (Å²) >= 11 is 0. The van der Waals surface area contributed by atoms with Crippen LogP contribution in [0.4, 0.5) is 0 Å². The summed E-state index contributed by atoms with van der Waals surface area (Å²) in [6.07, 6.45) is 0.216. The third-order valence-corrected chi connectivity index (χ3v) is 6.09. The van der Waals surface area contributed by atoms with Crippen molar-refractivity contribution < 1.29 is 15.0 Å². The first-order valence-corrected chi connectivity index (χ1v) is 9.55. The van der Waals surface area contributed by atoms with Crippen molar-refractivity contribution in [3.05, 3.63) is 71.3 Å². The van der Waals surface area contributed by atoms with E-state index in [2.05, 4.69) is 5.32 Å². The Bertz CT molecular complexity index is 825. The maximum atomic E-state index is 13.3. The topological polar surface area (TPSA) is 95.6 Å². The van der Waals surface area contributed by atoms with Crippen LogP contribution in [0.1, 0.15) is 41.5 Å². The Kier molecular flexibility index (Phi) is 4.76. The fourth-order valence-corrected chi connectivity index (χ4v) is 4.53. The van der Waals surface area contributed by atoms with E-state index in [0.717, 1.165) is 16.7 Å². The van der Waals surface area contributed by atoms with Crippen LogP contribution in [0.25, 0.3) is 0 Å². The van der Waals surface area contributed by atoms with Crippen molar-refractivity contribution in [2.24, 2.45) is 11.1 Å². The number of nitrogens with two attached hydrogens (primary N) is 1. The second-order valence-corrected chi connectivity index (χ2v) is 7.84. The van der Waals surface area contributed by atoms with Crippen LogP contribution >= 0.6 is 0 Å². The molecule has 1 saturated carbocycles. The SMILES string of the molecule is NC[C@@H](O)CC1(C(=O)N[C@H]2c3ccccc3C[C@H]2O)CC1c1ccccc1. The molecule has 0 bridgehead atoms. The van der Waals surface area contributed by atoms with Crippen LogP contribution < -0.4 is 11.1 Å². The first kappa shape index (κ1) is 18.2. The predicted molar refractivity (Wildman–Crippen MR) is 103 cm³/mol. The van der Waals surface area contributed by atoms with E-state index < -0.39 is 23.7 Å². The molecule has 1 amide bonds. The van der Waals surface area contributed by atoms with Gasteiger partial charge in [0.25, 0.3) is 0 Å². The molecule has 5 nitrogen and oxygen atoms in total. The van der Waals surface area contributed by atoms with Gasteiger partial charge in [0.1, 0.15) is 0 Å². The molecule has 142 valence electrons. The number of hydrogen-bond donors (Lipinski definition) is 4. The highest BCUT2D eigenvalue weighted by molar-refractivity contribution is 5.88.